The third-order valence-electron chi connectivity index (χ3n) is 2.66. The highest BCUT2D eigenvalue weighted by Gasteiger charge is 2.16. The van der Waals surface area contributed by atoms with Gasteiger partial charge in [-0.25, -0.2) is 18.1 Å². The van der Waals surface area contributed by atoms with Crippen LogP contribution in [-0.4, -0.2) is 23.4 Å². The molecular weight excluding hydrogens is 312 g/mol. The summed E-state index contributed by atoms with van der Waals surface area (Å²) >= 11 is 4.76. The summed E-state index contributed by atoms with van der Waals surface area (Å²) in [6, 6.07) is 2.84. The fourth-order valence-corrected chi connectivity index (χ4v) is 2.56. The number of aryl methyl sites for hydroxylation is 1. The van der Waals surface area contributed by atoms with Crippen molar-refractivity contribution in [3.8, 4) is 0 Å². The van der Waals surface area contributed by atoms with E-state index >= 15 is 0 Å². The number of hydrogen-bond acceptors (Lipinski definition) is 6. The Hall–Kier alpha value is -1.84. The summed E-state index contributed by atoms with van der Waals surface area (Å²) < 4.78 is 31.9. The minimum atomic E-state index is -3.69. The molecule has 0 saturated heterocycles. The van der Waals surface area contributed by atoms with E-state index in [4.69, 9.17) is 22.4 Å². The minimum Gasteiger partial charge on any atom is -0.444 e. The second kappa shape index (κ2) is 6.29. The molecule has 0 aliphatic heterocycles. The van der Waals surface area contributed by atoms with Crippen LogP contribution in [0, 0.1) is 0 Å². The molecule has 7 nitrogen and oxygen atoms in total. The molecule has 3 N–H and O–H groups in total. The normalized spacial score (nSPS) is 11.5. The topological polar surface area (TPSA) is 111 Å². The van der Waals surface area contributed by atoms with Gasteiger partial charge in [0, 0.05) is 12.6 Å². The van der Waals surface area contributed by atoms with E-state index in [0.29, 0.717) is 23.8 Å². The standard InChI is InChI=1S/C12H14N4O3S2/c1-2-8-5-15-11(19-8)7-16-21(17,18)9-3-4-10(12(13)20)14-6-9/h3-6,16H,2,7H2,1H3,(H2,13,20). The molecule has 112 valence electrons. The van der Waals surface area contributed by atoms with Crippen LogP contribution in [0.5, 0.6) is 0 Å². The molecule has 2 aromatic rings. The lowest BCUT2D eigenvalue weighted by Gasteiger charge is -2.05. The van der Waals surface area contributed by atoms with Gasteiger partial charge in [-0.05, 0) is 12.1 Å². The summed E-state index contributed by atoms with van der Waals surface area (Å²) in [7, 11) is -3.69. The Morgan fingerprint density at radius 1 is 1.38 bits per heavy atom. The predicted octanol–water partition coefficient (Wildman–Crippen LogP) is 0.745. The molecule has 21 heavy (non-hydrogen) atoms. The Kier molecular flexibility index (Phi) is 4.66. The van der Waals surface area contributed by atoms with Crippen molar-refractivity contribution >= 4 is 27.2 Å². The smallest absolute Gasteiger partial charge is 0.242 e. The van der Waals surface area contributed by atoms with Gasteiger partial charge in [-0.3, -0.25) is 4.98 Å². The quantitative estimate of drug-likeness (QED) is 0.753. The summed E-state index contributed by atoms with van der Waals surface area (Å²) in [5.41, 5.74) is 5.77. The van der Waals surface area contributed by atoms with Crippen LogP contribution >= 0.6 is 12.2 Å². The molecule has 0 spiro atoms. The second-order valence-electron chi connectivity index (χ2n) is 4.14. The number of oxazole rings is 1. The van der Waals surface area contributed by atoms with Crippen molar-refractivity contribution in [2.45, 2.75) is 24.8 Å². The van der Waals surface area contributed by atoms with Gasteiger partial charge >= 0.3 is 0 Å². The predicted molar refractivity (Wildman–Crippen MR) is 80.0 cm³/mol. The molecule has 0 aliphatic rings. The van der Waals surface area contributed by atoms with Gasteiger partial charge in [0.2, 0.25) is 15.9 Å². The maximum atomic E-state index is 12.1. The van der Waals surface area contributed by atoms with Gasteiger partial charge in [0.25, 0.3) is 0 Å². The molecule has 0 fully saturated rings. The van der Waals surface area contributed by atoms with Crippen LogP contribution in [0.25, 0.3) is 0 Å². The van der Waals surface area contributed by atoms with Crippen LogP contribution in [0.15, 0.2) is 33.8 Å². The van der Waals surface area contributed by atoms with Gasteiger partial charge in [0.05, 0.1) is 18.4 Å². The fraction of sp³-hybridized carbons (Fsp3) is 0.250. The number of sulfonamides is 1. The third-order valence-corrected chi connectivity index (χ3v) is 4.26. The van der Waals surface area contributed by atoms with Gasteiger partial charge in [0.1, 0.15) is 15.6 Å². The van der Waals surface area contributed by atoms with Crippen molar-refractivity contribution in [2.24, 2.45) is 5.73 Å². The fourth-order valence-electron chi connectivity index (χ4n) is 1.52. The lowest BCUT2D eigenvalue weighted by molar-refractivity contribution is 0.452. The molecule has 0 radical (unpaired) electrons. The minimum absolute atomic E-state index is 0.0183. The average molecular weight is 326 g/mol. The molecule has 2 aromatic heterocycles. The Balaban J connectivity index is 2.09. The van der Waals surface area contributed by atoms with E-state index < -0.39 is 10.0 Å². The van der Waals surface area contributed by atoms with Crippen LogP contribution < -0.4 is 10.5 Å². The summed E-state index contributed by atoms with van der Waals surface area (Å²) in [6.07, 6.45) is 3.47. The van der Waals surface area contributed by atoms with E-state index in [2.05, 4.69) is 14.7 Å². The highest BCUT2D eigenvalue weighted by Crippen LogP contribution is 2.10. The first-order valence-electron chi connectivity index (χ1n) is 6.11. The SMILES string of the molecule is CCc1cnc(CNS(=O)(=O)c2ccc(C(N)=S)nc2)o1. The average Bonchev–Trinajstić information content (AvgIpc) is 2.93. The van der Waals surface area contributed by atoms with E-state index in [-0.39, 0.29) is 16.4 Å². The molecular formula is C12H14N4O3S2. The van der Waals surface area contributed by atoms with Crippen LogP contribution in [-0.2, 0) is 23.0 Å². The van der Waals surface area contributed by atoms with Crippen molar-refractivity contribution in [2.75, 3.05) is 0 Å². The molecule has 9 heteroatoms. The zero-order valence-corrected chi connectivity index (χ0v) is 12.9. The van der Waals surface area contributed by atoms with E-state index in [0.717, 1.165) is 0 Å². The lowest BCUT2D eigenvalue weighted by Crippen LogP contribution is -2.24. The van der Waals surface area contributed by atoms with Crippen molar-refractivity contribution in [1.29, 1.82) is 0 Å². The number of pyridine rings is 1. The maximum Gasteiger partial charge on any atom is 0.242 e. The van der Waals surface area contributed by atoms with Crippen molar-refractivity contribution in [1.82, 2.24) is 14.7 Å². The molecule has 0 atom stereocenters. The van der Waals surface area contributed by atoms with E-state index in [1.807, 2.05) is 6.92 Å². The second-order valence-corrected chi connectivity index (χ2v) is 6.35. The molecule has 0 aliphatic carbocycles. The summed E-state index contributed by atoms with van der Waals surface area (Å²) in [4.78, 5) is 8.00. The third kappa shape index (κ3) is 3.84. The van der Waals surface area contributed by atoms with Crippen LogP contribution in [0.3, 0.4) is 0 Å². The van der Waals surface area contributed by atoms with Crippen LogP contribution in [0.1, 0.15) is 24.3 Å². The molecule has 0 bridgehead atoms. The Morgan fingerprint density at radius 3 is 2.67 bits per heavy atom. The highest BCUT2D eigenvalue weighted by atomic mass is 32.2. The number of nitrogens with zero attached hydrogens (tertiary/aromatic N) is 2. The molecule has 2 rings (SSSR count). The Bertz CT molecular complexity index is 738. The number of hydrogen-bond donors (Lipinski definition) is 2. The summed E-state index contributed by atoms with van der Waals surface area (Å²) in [5.74, 6) is 1.01. The molecule has 0 saturated carbocycles. The molecule has 0 unspecified atom stereocenters. The monoisotopic (exact) mass is 326 g/mol. The maximum absolute atomic E-state index is 12.1. The molecule has 0 aromatic carbocycles. The lowest BCUT2D eigenvalue weighted by atomic mass is 10.3. The Morgan fingerprint density at radius 2 is 2.14 bits per heavy atom. The first-order valence-corrected chi connectivity index (χ1v) is 8.00. The largest absolute Gasteiger partial charge is 0.444 e. The first-order chi connectivity index (χ1) is 9.92. The summed E-state index contributed by atoms with van der Waals surface area (Å²) in [5, 5.41) is 0. The Labute approximate surface area is 127 Å². The van der Waals surface area contributed by atoms with Gasteiger partial charge in [-0.2, -0.15) is 0 Å². The van der Waals surface area contributed by atoms with E-state index in [1.165, 1.54) is 18.3 Å². The number of nitrogens with one attached hydrogen (secondary N) is 1. The number of aromatic nitrogens is 2. The zero-order chi connectivity index (χ0) is 15.5. The van der Waals surface area contributed by atoms with Gasteiger partial charge in [-0.1, -0.05) is 19.1 Å². The number of nitrogens with two attached hydrogens (primary N) is 1. The van der Waals surface area contributed by atoms with E-state index in [1.54, 1.807) is 6.20 Å². The molecule has 0 amide bonds. The van der Waals surface area contributed by atoms with Gasteiger partial charge < -0.3 is 10.2 Å². The zero-order valence-electron chi connectivity index (χ0n) is 11.2. The van der Waals surface area contributed by atoms with Gasteiger partial charge in [0.15, 0.2) is 0 Å². The van der Waals surface area contributed by atoms with Gasteiger partial charge in [-0.15, -0.1) is 0 Å². The van der Waals surface area contributed by atoms with Crippen molar-refractivity contribution < 1.29 is 12.8 Å². The van der Waals surface area contributed by atoms with Crippen LogP contribution in [0.2, 0.25) is 0 Å². The number of thiocarbonyl (C=S) groups is 1. The molecule has 2 heterocycles. The first kappa shape index (κ1) is 15.5. The van der Waals surface area contributed by atoms with Crippen molar-refractivity contribution in [3.63, 3.8) is 0 Å². The summed E-state index contributed by atoms with van der Waals surface area (Å²) in [6.45, 7) is 1.89. The number of rotatable bonds is 6. The van der Waals surface area contributed by atoms with Crippen LogP contribution in [0.4, 0.5) is 0 Å². The van der Waals surface area contributed by atoms with Crippen molar-refractivity contribution in [3.05, 3.63) is 41.9 Å². The highest BCUT2D eigenvalue weighted by molar-refractivity contribution is 7.89. The van der Waals surface area contributed by atoms with E-state index in [9.17, 15) is 8.42 Å².